The monoisotopic (exact) mass is 264 g/mol. The van der Waals surface area contributed by atoms with Crippen LogP contribution in [0.1, 0.15) is 42.7 Å². The van der Waals surface area contributed by atoms with Gasteiger partial charge in [0.1, 0.15) is 0 Å². The predicted molar refractivity (Wildman–Crippen MR) is 75.1 cm³/mol. The van der Waals surface area contributed by atoms with Gasteiger partial charge in [0.15, 0.2) is 0 Å². The fraction of sp³-hybridized carbons (Fsp3) is 0.714. The Balaban J connectivity index is 2.14. The first-order chi connectivity index (χ1) is 8.99. The third-order valence-electron chi connectivity index (χ3n) is 3.71. The van der Waals surface area contributed by atoms with Gasteiger partial charge in [-0.05, 0) is 40.2 Å². The van der Waals surface area contributed by atoms with Crippen molar-refractivity contribution in [1.29, 1.82) is 0 Å². The summed E-state index contributed by atoms with van der Waals surface area (Å²) in [6.07, 6.45) is 4.17. The van der Waals surface area contributed by atoms with Crippen LogP contribution in [0.15, 0.2) is 6.20 Å². The summed E-state index contributed by atoms with van der Waals surface area (Å²) in [5, 5.41) is 7.71. The SMILES string of the molecule is Cc1nn(C)cc1C(=O)N(CC1CCCN1)C(C)C. The Hall–Kier alpha value is -1.36. The molecule has 2 rings (SSSR count). The molecule has 1 aromatic rings. The lowest BCUT2D eigenvalue weighted by Gasteiger charge is -2.29. The molecule has 0 aromatic carbocycles. The smallest absolute Gasteiger partial charge is 0.257 e. The van der Waals surface area contributed by atoms with Crippen LogP contribution in [0.25, 0.3) is 0 Å². The Morgan fingerprint density at radius 2 is 2.37 bits per heavy atom. The first-order valence-electron chi connectivity index (χ1n) is 7.03. The number of rotatable bonds is 4. The molecule has 0 aliphatic carbocycles. The average Bonchev–Trinajstić information content (AvgIpc) is 2.94. The summed E-state index contributed by atoms with van der Waals surface area (Å²) in [4.78, 5) is 14.6. The maximum absolute atomic E-state index is 12.7. The van der Waals surface area contributed by atoms with E-state index in [1.165, 1.54) is 6.42 Å². The van der Waals surface area contributed by atoms with Crippen molar-refractivity contribution in [2.45, 2.75) is 45.7 Å². The van der Waals surface area contributed by atoms with E-state index in [-0.39, 0.29) is 11.9 Å². The number of amides is 1. The molecular formula is C14H24N4O. The second-order valence-corrected chi connectivity index (χ2v) is 5.65. The van der Waals surface area contributed by atoms with Crippen LogP contribution in [0, 0.1) is 6.92 Å². The van der Waals surface area contributed by atoms with Crippen molar-refractivity contribution in [2.24, 2.45) is 7.05 Å². The molecule has 1 aliphatic rings. The zero-order valence-electron chi connectivity index (χ0n) is 12.3. The van der Waals surface area contributed by atoms with E-state index in [9.17, 15) is 4.79 Å². The normalized spacial score (nSPS) is 19.1. The third-order valence-corrected chi connectivity index (χ3v) is 3.71. The molecule has 1 N–H and O–H groups in total. The molecule has 0 bridgehead atoms. The third kappa shape index (κ3) is 3.15. The summed E-state index contributed by atoms with van der Waals surface area (Å²) in [5.74, 6) is 0.0919. The Kier molecular flexibility index (Phi) is 4.24. The highest BCUT2D eigenvalue weighted by Gasteiger charge is 2.26. The van der Waals surface area contributed by atoms with Gasteiger partial charge in [-0.1, -0.05) is 0 Å². The van der Waals surface area contributed by atoms with Gasteiger partial charge in [0.05, 0.1) is 11.3 Å². The van der Waals surface area contributed by atoms with Crippen LogP contribution in [-0.4, -0.2) is 45.8 Å². The first kappa shape index (κ1) is 14.1. The van der Waals surface area contributed by atoms with Gasteiger partial charge < -0.3 is 10.2 Å². The molecule has 1 unspecified atom stereocenters. The van der Waals surface area contributed by atoms with Gasteiger partial charge in [-0.3, -0.25) is 9.48 Å². The van der Waals surface area contributed by atoms with Gasteiger partial charge in [0, 0.05) is 31.9 Å². The van der Waals surface area contributed by atoms with E-state index in [1.807, 2.05) is 25.1 Å². The second-order valence-electron chi connectivity index (χ2n) is 5.65. The molecule has 19 heavy (non-hydrogen) atoms. The maximum Gasteiger partial charge on any atom is 0.257 e. The highest BCUT2D eigenvalue weighted by molar-refractivity contribution is 5.95. The largest absolute Gasteiger partial charge is 0.335 e. The van der Waals surface area contributed by atoms with Crippen molar-refractivity contribution >= 4 is 5.91 Å². The zero-order chi connectivity index (χ0) is 14.0. The van der Waals surface area contributed by atoms with Crippen LogP contribution in [-0.2, 0) is 7.05 Å². The van der Waals surface area contributed by atoms with Gasteiger partial charge in [0.25, 0.3) is 5.91 Å². The Morgan fingerprint density at radius 3 is 2.84 bits per heavy atom. The van der Waals surface area contributed by atoms with Crippen molar-refractivity contribution in [2.75, 3.05) is 13.1 Å². The number of hydrogen-bond acceptors (Lipinski definition) is 3. The molecule has 106 valence electrons. The molecule has 0 saturated carbocycles. The molecule has 0 spiro atoms. The summed E-state index contributed by atoms with van der Waals surface area (Å²) in [7, 11) is 1.85. The van der Waals surface area contributed by atoms with Gasteiger partial charge in [-0.2, -0.15) is 5.10 Å². The van der Waals surface area contributed by atoms with Crippen molar-refractivity contribution in [1.82, 2.24) is 20.0 Å². The van der Waals surface area contributed by atoms with Crippen LogP contribution in [0.5, 0.6) is 0 Å². The van der Waals surface area contributed by atoms with E-state index in [0.717, 1.165) is 25.2 Å². The molecule has 5 heteroatoms. The summed E-state index contributed by atoms with van der Waals surface area (Å²) < 4.78 is 1.70. The van der Waals surface area contributed by atoms with Crippen LogP contribution in [0.3, 0.4) is 0 Å². The van der Waals surface area contributed by atoms with E-state index in [1.54, 1.807) is 4.68 Å². The van der Waals surface area contributed by atoms with Crippen molar-refractivity contribution < 1.29 is 4.79 Å². The summed E-state index contributed by atoms with van der Waals surface area (Å²) in [5.41, 5.74) is 1.52. The molecule has 1 aliphatic heterocycles. The van der Waals surface area contributed by atoms with Crippen molar-refractivity contribution in [3.63, 3.8) is 0 Å². The number of carbonyl (C=O) groups is 1. The van der Waals surface area contributed by atoms with Crippen molar-refractivity contribution in [3.8, 4) is 0 Å². The number of aromatic nitrogens is 2. The first-order valence-corrected chi connectivity index (χ1v) is 7.03. The topological polar surface area (TPSA) is 50.2 Å². The molecule has 1 aromatic heterocycles. The van der Waals surface area contributed by atoms with Gasteiger partial charge in [-0.15, -0.1) is 0 Å². The minimum Gasteiger partial charge on any atom is -0.335 e. The lowest BCUT2D eigenvalue weighted by molar-refractivity contribution is 0.0688. The number of hydrogen-bond donors (Lipinski definition) is 1. The lowest BCUT2D eigenvalue weighted by Crippen LogP contribution is -2.44. The van der Waals surface area contributed by atoms with E-state index in [2.05, 4.69) is 24.3 Å². The molecular weight excluding hydrogens is 240 g/mol. The second kappa shape index (κ2) is 5.74. The standard InChI is InChI=1S/C14H24N4O/c1-10(2)18(8-12-6-5-7-15-12)14(19)13-9-17(4)16-11(13)3/h9-10,12,15H,5-8H2,1-4H3. The fourth-order valence-corrected chi connectivity index (χ4v) is 2.64. The minimum atomic E-state index is 0.0919. The van der Waals surface area contributed by atoms with Gasteiger partial charge in [0.2, 0.25) is 0 Å². The summed E-state index contributed by atoms with van der Waals surface area (Å²) >= 11 is 0. The van der Waals surface area contributed by atoms with Gasteiger partial charge in [-0.25, -0.2) is 0 Å². The maximum atomic E-state index is 12.7. The quantitative estimate of drug-likeness (QED) is 0.892. The Labute approximate surface area is 115 Å². The van der Waals surface area contributed by atoms with Gasteiger partial charge >= 0.3 is 0 Å². The predicted octanol–water partition coefficient (Wildman–Crippen LogP) is 1.33. The van der Waals surface area contributed by atoms with Crippen molar-refractivity contribution in [3.05, 3.63) is 17.5 Å². The number of nitrogens with zero attached hydrogens (tertiary/aromatic N) is 3. The summed E-state index contributed by atoms with van der Waals surface area (Å²) in [6, 6.07) is 0.637. The van der Waals surface area contributed by atoms with E-state index in [0.29, 0.717) is 11.6 Å². The van der Waals surface area contributed by atoms with Crippen LogP contribution < -0.4 is 5.32 Å². The molecule has 2 heterocycles. The van der Waals surface area contributed by atoms with E-state index >= 15 is 0 Å². The molecule has 1 atom stereocenters. The average molecular weight is 264 g/mol. The Bertz CT molecular complexity index is 446. The molecule has 1 saturated heterocycles. The molecule has 0 radical (unpaired) electrons. The number of aryl methyl sites for hydroxylation is 2. The minimum absolute atomic E-state index is 0.0919. The zero-order valence-corrected chi connectivity index (χ0v) is 12.3. The highest BCUT2D eigenvalue weighted by atomic mass is 16.2. The Morgan fingerprint density at radius 1 is 1.63 bits per heavy atom. The fourth-order valence-electron chi connectivity index (χ4n) is 2.64. The van der Waals surface area contributed by atoms with E-state index in [4.69, 9.17) is 0 Å². The van der Waals surface area contributed by atoms with E-state index < -0.39 is 0 Å². The summed E-state index contributed by atoms with van der Waals surface area (Å²) in [6.45, 7) is 7.87. The van der Waals surface area contributed by atoms with Crippen LogP contribution in [0.4, 0.5) is 0 Å². The highest BCUT2D eigenvalue weighted by Crippen LogP contribution is 2.15. The van der Waals surface area contributed by atoms with Crippen LogP contribution >= 0.6 is 0 Å². The molecule has 1 fully saturated rings. The number of nitrogens with one attached hydrogen (secondary N) is 1. The van der Waals surface area contributed by atoms with Crippen LogP contribution in [0.2, 0.25) is 0 Å². The molecule has 5 nitrogen and oxygen atoms in total. The molecule has 1 amide bonds. The number of carbonyl (C=O) groups excluding carboxylic acids is 1. The lowest BCUT2D eigenvalue weighted by atomic mass is 10.1.